The highest BCUT2D eigenvalue weighted by Crippen LogP contribution is 2.29. The van der Waals surface area contributed by atoms with E-state index >= 15 is 0 Å². The summed E-state index contributed by atoms with van der Waals surface area (Å²) in [7, 11) is 1.53. The molecule has 0 aromatic heterocycles. The molecule has 0 fully saturated rings. The Morgan fingerprint density at radius 1 is 1.25 bits per heavy atom. The van der Waals surface area contributed by atoms with E-state index in [9.17, 15) is 4.39 Å². The van der Waals surface area contributed by atoms with Crippen LogP contribution in [0.5, 0.6) is 5.75 Å². The molecule has 0 spiro atoms. The fraction of sp³-hybridized carbons (Fsp3) is 0.176. The molecule has 0 aliphatic heterocycles. The van der Waals surface area contributed by atoms with Crippen molar-refractivity contribution in [3.8, 4) is 5.75 Å². The van der Waals surface area contributed by atoms with Crippen LogP contribution in [0, 0.1) is 12.7 Å². The molecule has 0 heterocycles. The maximum atomic E-state index is 13.3. The number of rotatable bonds is 4. The van der Waals surface area contributed by atoms with Gasteiger partial charge >= 0.3 is 0 Å². The topological polar surface area (TPSA) is 9.23 Å². The number of methoxy groups -OCH3 is 1. The zero-order valence-electron chi connectivity index (χ0n) is 11.5. The molecular weight excluding hydrogens is 275 g/mol. The predicted octanol–water partition coefficient (Wildman–Crippen LogP) is 4.92. The molecule has 0 radical (unpaired) electrons. The third-order valence-corrected chi connectivity index (χ3v) is 3.46. The molecule has 2 rings (SSSR count). The minimum Gasteiger partial charge on any atom is -0.496 e. The molecule has 104 valence electrons. The van der Waals surface area contributed by atoms with Crippen molar-refractivity contribution in [3.63, 3.8) is 0 Å². The van der Waals surface area contributed by atoms with Crippen molar-refractivity contribution >= 4 is 23.3 Å². The van der Waals surface area contributed by atoms with Gasteiger partial charge in [0.05, 0.1) is 7.11 Å². The van der Waals surface area contributed by atoms with Gasteiger partial charge in [0.1, 0.15) is 11.6 Å². The highest BCUT2D eigenvalue weighted by atomic mass is 35.5. The van der Waals surface area contributed by atoms with Gasteiger partial charge in [-0.3, -0.25) is 0 Å². The molecule has 0 atom stereocenters. The Labute approximate surface area is 123 Å². The van der Waals surface area contributed by atoms with Crippen LogP contribution in [-0.2, 0) is 0 Å². The number of hydrogen-bond acceptors (Lipinski definition) is 1. The van der Waals surface area contributed by atoms with Gasteiger partial charge in [0.15, 0.2) is 0 Å². The number of ether oxygens (including phenoxy) is 1. The zero-order valence-corrected chi connectivity index (χ0v) is 12.2. The summed E-state index contributed by atoms with van der Waals surface area (Å²) in [5, 5.41) is 0. The molecular formula is C17H16ClFO. The first-order valence-corrected chi connectivity index (χ1v) is 6.85. The summed E-state index contributed by atoms with van der Waals surface area (Å²) in [5.74, 6) is 0.497. The van der Waals surface area contributed by atoms with E-state index in [4.69, 9.17) is 16.3 Å². The Bertz CT molecular complexity index is 635. The Hall–Kier alpha value is -1.80. The van der Waals surface area contributed by atoms with Crippen LogP contribution in [0.1, 0.15) is 16.7 Å². The minimum atomic E-state index is -0.324. The second kappa shape index (κ2) is 6.58. The lowest BCUT2D eigenvalue weighted by molar-refractivity contribution is 0.410. The molecule has 0 aliphatic rings. The predicted molar refractivity (Wildman–Crippen MR) is 82.7 cm³/mol. The number of benzene rings is 2. The fourth-order valence-corrected chi connectivity index (χ4v) is 2.28. The van der Waals surface area contributed by atoms with Gasteiger partial charge in [-0.1, -0.05) is 24.3 Å². The van der Waals surface area contributed by atoms with E-state index in [0.717, 1.165) is 22.3 Å². The first-order valence-electron chi connectivity index (χ1n) is 6.31. The van der Waals surface area contributed by atoms with E-state index in [-0.39, 0.29) is 5.82 Å². The number of aryl methyl sites for hydroxylation is 1. The summed E-state index contributed by atoms with van der Waals surface area (Å²) in [6.45, 7) is 2.04. The van der Waals surface area contributed by atoms with Crippen molar-refractivity contribution in [1.82, 2.24) is 0 Å². The number of hydrogen-bond donors (Lipinski definition) is 0. The van der Waals surface area contributed by atoms with Crippen LogP contribution in [0.3, 0.4) is 0 Å². The molecule has 20 heavy (non-hydrogen) atoms. The maximum Gasteiger partial charge on any atom is 0.129 e. The quantitative estimate of drug-likeness (QED) is 0.573. The van der Waals surface area contributed by atoms with Crippen molar-refractivity contribution in [3.05, 3.63) is 65.0 Å². The maximum absolute atomic E-state index is 13.3. The van der Waals surface area contributed by atoms with Gasteiger partial charge < -0.3 is 4.74 Å². The standard InChI is InChI=1S/C17H16ClFO/c1-12-5-3-4-6-13(12)9-14(11-18)16-8-7-15(19)10-17(16)20-2/h3-10H,11H2,1-2H3/b14-9+. The highest BCUT2D eigenvalue weighted by molar-refractivity contribution is 6.24. The van der Waals surface area contributed by atoms with Crippen LogP contribution in [0.15, 0.2) is 42.5 Å². The first-order chi connectivity index (χ1) is 9.65. The third-order valence-electron chi connectivity index (χ3n) is 3.17. The van der Waals surface area contributed by atoms with E-state index in [1.165, 1.54) is 19.2 Å². The molecule has 0 aliphatic carbocycles. The summed E-state index contributed by atoms with van der Waals surface area (Å²) in [6, 6.07) is 12.5. The second-order valence-electron chi connectivity index (χ2n) is 4.50. The van der Waals surface area contributed by atoms with Crippen LogP contribution >= 0.6 is 11.6 Å². The first kappa shape index (κ1) is 14.6. The van der Waals surface area contributed by atoms with Gasteiger partial charge in [0, 0.05) is 17.5 Å². The molecule has 1 nitrogen and oxygen atoms in total. The van der Waals surface area contributed by atoms with Crippen LogP contribution < -0.4 is 4.74 Å². The number of allylic oxidation sites excluding steroid dienone is 1. The van der Waals surface area contributed by atoms with E-state index in [0.29, 0.717) is 11.6 Å². The van der Waals surface area contributed by atoms with Crippen molar-refractivity contribution in [2.24, 2.45) is 0 Å². The van der Waals surface area contributed by atoms with Crippen LogP contribution in [0.25, 0.3) is 11.6 Å². The summed E-state index contributed by atoms with van der Waals surface area (Å²) in [6.07, 6.45) is 2.01. The average Bonchev–Trinajstić information content (AvgIpc) is 2.46. The van der Waals surface area contributed by atoms with Crippen LogP contribution in [-0.4, -0.2) is 13.0 Å². The van der Waals surface area contributed by atoms with Crippen molar-refractivity contribution in [2.45, 2.75) is 6.92 Å². The number of alkyl halides is 1. The fourth-order valence-electron chi connectivity index (χ4n) is 2.06. The molecule has 0 unspecified atom stereocenters. The van der Waals surface area contributed by atoms with Crippen LogP contribution in [0.4, 0.5) is 4.39 Å². The normalized spacial score (nSPS) is 11.5. The van der Waals surface area contributed by atoms with Gasteiger partial charge in [0.25, 0.3) is 0 Å². The largest absolute Gasteiger partial charge is 0.496 e. The lowest BCUT2D eigenvalue weighted by Gasteiger charge is -2.11. The molecule has 3 heteroatoms. The summed E-state index contributed by atoms with van der Waals surface area (Å²) in [4.78, 5) is 0. The SMILES string of the molecule is COc1cc(F)ccc1/C(=C/c1ccccc1C)CCl. The summed E-state index contributed by atoms with van der Waals surface area (Å²) >= 11 is 6.06. The molecule has 2 aromatic rings. The van der Waals surface area contributed by atoms with Gasteiger partial charge in [-0.15, -0.1) is 11.6 Å². The lowest BCUT2D eigenvalue weighted by atomic mass is 10.0. The van der Waals surface area contributed by atoms with Crippen molar-refractivity contribution in [2.75, 3.05) is 13.0 Å². The van der Waals surface area contributed by atoms with Gasteiger partial charge in [-0.05, 0) is 41.8 Å². The van der Waals surface area contributed by atoms with E-state index in [2.05, 4.69) is 0 Å². The summed E-state index contributed by atoms with van der Waals surface area (Å²) in [5.41, 5.74) is 3.97. The number of halogens is 2. The van der Waals surface area contributed by atoms with E-state index < -0.39 is 0 Å². The third kappa shape index (κ3) is 3.20. The second-order valence-corrected chi connectivity index (χ2v) is 4.77. The van der Waals surface area contributed by atoms with Crippen LogP contribution in [0.2, 0.25) is 0 Å². The smallest absolute Gasteiger partial charge is 0.129 e. The summed E-state index contributed by atoms with van der Waals surface area (Å²) < 4.78 is 18.5. The molecule has 0 saturated heterocycles. The van der Waals surface area contributed by atoms with Gasteiger partial charge in [-0.2, -0.15) is 0 Å². The molecule has 2 aromatic carbocycles. The Morgan fingerprint density at radius 2 is 2.00 bits per heavy atom. The van der Waals surface area contributed by atoms with Crippen molar-refractivity contribution in [1.29, 1.82) is 0 Å². The highest BCUT2D eigenvalue weighted by Gasteiger charge is 2.09. The molecule has 0 N–H and O–H groups in total. The van der Waals surface area contributed by atoms with Crippen molar-refractivity contribution < 1.29 is 9.13 Å². The molecule has 0 saturated carbocycles. The Morgan fingerprint density at radius 3 is 2.65 bits per heavy atom. The molecule has 0 amide bonds. The average molecular weight is 291 g/mol. The van der Waals surface area contributed by atoms with Gasteiger partial charge in [-0.25, -0.2) is 4.39 Å². The lowest BCUT2D eigenvalue weighted by Crippen LogP contribution is -1.94. The van der Waals surface area contributed by atoms with E-state index in [1.807, 2.05) is 37.3 Å². The Balaban J connectivity index is 2.50. The zero-order chi connectivity index (χ0) is 14.5. The minimum absolute atomic E-state index is 0.324. The monoisotopic (exact) mass is 290 g/mol. The van der Waals surface area contributed by atoms with Gasteiger partial charge in [0.2, 0.25) is 0 Å². The molecule has 0 bridgehead atoms. The van der Waals surface area contributed by atoms with E-state index in [1.54, 1.807) is 6.07 Å². The Kier molecular flexibility index (Phi) is 4.80.